The number of ether oxygens (including phenoxy) is 1. The second kappa shape index (κ2) is 7.95. The van der Waals surface area contributed by atoms with Crippen LogP contribution in [0, 0.1) is 13.8 Å². The van der Waals surface area contributed by atoms with Crippen LogP contribution in [0.5, 0.6) is 5.75 Å². The molecule has 2 aromatic rings. The molecule has 1 aromatic heterocycles. The van der Waals surface area contributed by atoms with Gasteiger partial charge in [0.1, 0.15) is 11.4 Å². The molecule has 136 valence electrons. The second-order valence-corrected chi connectivity index (χ2v) is 6.32. The Labute approximate surface area is 152 Å². The third-order valence-electron chi connectivity index (χ3n) is 4.40. The molecule has 1 saturated heterocycles. The first-order valence-electron chi connectivity index (χ1n) is 8.57. The lowest BCUT2D eigenvalue weighted by Crippen LogP contribution is -2.51. The molecule has 1 aliphatic rings. The summed E-state index contributed by atoms with van der Waals surface area (Å²) in [5.41, 5.74) is 2.42. The number of benzene rings is 1. The average molecular weight is 354 g/mol. The van der Waals surface area contributed by atoms with Gasteiger partial charge in [-0.2, -0.15) is 0 Å². The first kappa shape index (κ1) is 17.8. The molecule has 7 heteroatoms. The maximum absolute atomic E-state index is 12.4. The summed E-state index contributed by atoms with van der Waals surface area (Å²) in [5.74, 6) is 0.504. The van der Waals surface area contributed by atoms with Crippen LogP contribution in [0.3, 0.4) is 0 Å². The molecule has 1 aromatic carbocycles. The van der Waals surface area contributed by atoms with Gasteiger partial charge in [-0.3, -0.25) is 14.6 Å². The van der Waals surface area contributed by atoms with E-state index in [1.54, 1.807) is 9.80 Å². The zero-order chi connectivity index (χ0) is 18.5. The Morgan fingerprint density at radius 2 is 1.81 bits per heavy atom. The number of hydrogen-bond acceptors (Lipinski definition) is 5. The smallest absolute Gasteiger partial charge is 0.274 e. The van der Waals surface area contributed by atoms with Gasteiger partial charge in [-0.15, -0.1) is 0 Å². The van der Waals surface area contributed by atoms with Crippen LogP contribution in [0.25, 0.3) is 0 Å². The molecule has 0 saturated carbocycles. The van der Waals surface area contributed by atoms with Crippen molar-refractivity contribution in [2.45, 2.75) is 13.8 Å². The Morgan fingerprint density at radius 1 is 1.08 bits per heavy atom. The summed E-state index contributed by atoms with van der Waals surface area (Å²) >= 11 is 0. The maximum atomic E-state index is 12.4. The minimum atomic E-state index is -0.156. The van der Waals surface area contributed by atoms with Crippen molar-refractivity contribution < 1.29 is 14.3 Å². The van der Waals surface area contributed by atoms with Gasteiger partial charge in [-0.05, 0) is 31.0 Å². The van der Waals surface area contributed by atoms with Gasteiger partial charge in [-0.25, -0.2) is 4.98 Å². The SMILES string of the molecule is Cc1ccc(C)c(OCC(=O)N2CCN(C(=O)c3cnccn3)CC2)c1. The highest BCUT2D eigenvalue weighted by Crippen LogP contribution is 2.19. The molecule has 0 N–H and O–H groups in total. The van der Waals surface area contributed by atoms with E-state index >= 15 is 0 Å². The summed E-state index contributed by atoms with van der Waals surface area (Å²) in [6.07, 6.45) is 4.48. The van der Waals surface area contributed by atoms with Crippen molar-refractivity contribution in [2.75, 3.05) is 32.8 Å². The number of nitrogens with zero attached hydrogens (tertiary/aromatic N) is 4. The second-order valence-electron chi connectivity index (χ2n) is 6.32. The molecule has 7 nitrogen and oxygen atoms in total. The molecule has 2 amide bonds. The van der Waals surface area contributed by atoms with E-state index in [0.717, 1.165) is 16.9 Å². The number of piperazine rings is 1. The average Bonchev–Trinajstić information content (AvgIpc) is 2.68. The first-order chi connectivity index (χ1) is 12.5. The first-order valence-corrected chi connectivity index (χ1v) is 8.57. The van der Waals surface area contributed by atoms with Crippen molar-refractivity contribution in [3.63, 3.8) is 0 Å². The molecular weight excluding hydrogens is 332 g/mol. The maximum Gasteiger partial charge on any atom is 0.274 e. The van der Waals surface area contributed by atoms with E-state index in [9.17, 15) is 9.59 Å². The monoisotopic (exact) mass is 354 g/mol. The van der Waals surface area contributed by atoms with Crippen LogP contribution in [-0.2, 0) is 4.79 Å². The molecule has 0 atom stereocenters. The van der Waals surface area contributed by atoms with Crippen LogP contribution in [-0.4, -0.2) is 64.4 Å². The lowest BCUT2D eigenvalue weighted by Gasteiger charge is -2.34. The number of hydrogen-bond donors (Lipinski definition) is 0. The van der Waals surface area contributed by atoms with Gasteiger partial charge in [0.2, 0.25) is 0 Å². The van der Waals surface area contributed by atoms with E-state index in [4.69, 9.17) is 4.74 Å². The van der Waals surface area contributed by atoms with E-state index in [1.807, 2.05) is 32.0 Å². The molecule has 26 heavy (non-hydrogen) atoms. The standard InChI is InChI=1S/C19H22N4O3/c1-14-3-4-15(2)17(11-14)26-13-18(24)22-7-9-23(10-8-22)19(25)16-12-20-5-6-21-16/h3-6,11-12H,7-10,13H2,1-2H3. The summed E-state index contributed by atoms with van der Waals surface area (Å²) < 4.78 is 5.69. The molecule has 1 aliphatic heterocycles. The number of carbonyl (C=O) groups excluding carboxylic acids is 2. The Balaban J connectivity index is 1.50. The van der Waals surface area contributed by atoms with Crippen molar-refractivity contribution in [1.82, 2.24) is 19.8 Å². The van der Waals surface area contributed by atoms with E-state index < -0.39 is 0 Å². The van der Waals surface area contributed by atoms with Gasteiger partial charge in [0.05, 0.1) is 6.20 Å². The zero-order valence-corrected chi connectivity index (χ0v) is 15.0. The minimum absolute atomic E-state index is 0.00238. The summed E-state index contributed by atoms with van der Waals surface area (Å²) in [6, 6.07) is 5.92. The fraction of sp³-hybridized carbons (Fsp3) is 0.368. The Morgan fingerprint density at radius 3 is 2.50 bits per heavy atom. The van der Waals surface area contributed by atoms with Crippen LogP contribution in [0.1, 0.15) is 21.6 Å². The number of aromatic nitrogens is 2. The van der Waals surface area contributed by atoms with Crippen molar-refractivity contribution in [3.05, 3.63) is 53.6 Å². The third-order valence-corrected chi connectivity index (χ3v) is 4.40. The molecule has 0 unspecified atom stereocenters. The van der Waals surface area contributed by atoms with Crippen LogP contribution < -0.4 is 4.74 Å². The fourth-order valence-electron chi connectivity index (χ4n) is 2.82. The Hall–Kier alpha value is -2.96. The number of rotatable bonds is 4. The molecule has 0 aliphatic carbocycles. The number of amides is 2. The van der Waals surface area contributed by atoms with E-state index in [-0.39, 0.29) is 18.4 Å². The third kappa shape index (κ3) is 4.17. The van der Waals surface area contributed by atoms with Crippen LogP contribution >= 0.6 is 0 Å². The van der Waals surface area contributed by atoms with E-state index in [2.05, 4.69) is 9.97 Å². The van der Waals surface area contributed by atoms with Crippen molar-refractivity contribution >= 4 is 11.8 Å². The van der Waals surface area contributed by atoms with Gasteiger partial charge >= 0.3 is 0 Å². The predicted octanol–water partition coefficient (Wildman–Crippen LogP) is 1.46. The number of carbonyl (C=O) groups is 2. The summed E-state index contributed by atoms with van der Waals surface area (Å²) in [4.78, 5) is 36.1. The topological polar surface area (TPSA) is 75.6 Å². The van der Waals surface area contributed by atoms with Gasteiger partial charge in [-0.1, -0.05) is 12.1 Å². The highest BCUT2D eigenvalue weighted by Gasteiger charge is 2.25. The molecule has 2 heterocycles. The quantitative estimate of drug-likeness (QED) is 0.831. The summed E-state index contributed by atoms with van der Waals surface area (Å²) in [5, 5.41) is 0. The van der Waals surface area contributed by atoms with Gasteiger partial charge in [0.25, 0.3) is 11.8 Å². The molecule has 0 radical (unpaired) electrons. The summed E-state index contributed by atoms with van der Waals surface area (Å²) in [7, 11) is 0. The van der Waals surface area contributed by atoms with Crippen LogP contribution in [0.15, 0.2) is 36.8 Å². The predicted molar refractivity (Wildman–Crippen MR) is 95.9 cm³/mol. The van der Waals surface area contributed by atoms with Crippen LogP contribution in [0.4, 0.5) is 0 Å². The van der Waals surface area contributed by atoms with Gasteiger partial charge < -0.3 is 14.5 Å². The van der Waals surface area contributed by atoms with E-state index in [0.29, 0.717) is 31.9 Å². The molecule has 3 rings (SSSR count). The Bertz CT molecular complexity index is 787. The number of aryl methyl sites for hydroxylation is 2. The summed E-state index contributed by atoms with van der Waals surface area (Å²) in [6.45, 7) is 5.87. The fourth-order valence-corrected chi connectivity index (χ4v) is 2.82. The Kier molecular flexibility index (Phi) is 5.46. The highest BCUT2D eigenvalue weighted by molar-refractivity contribution is 5.92. The highest BCUT2D eigenvalue weighted by atomic mass is 16.5. The largest absolute Gasteiger partial charge is 0.483 e. The van der Waals surface area contributed by atoms with Crippen molar-refractivity contribution in [2.24, 2.45) is 0 Å². The van der Waals surface area contributed by atoms with Crippen molar-refractivity contribution in [3.8, 4) is 5.75 Å². The van der Waals surface area contributed by atoms with Crippen molar-refractivity contribution in [1.29, 1.82) is 0 Å². The van der Waals surface area contributed by atoms with Crippen LogP contribution in [0.2, 0.25) is 0 Å². The van der Waals surface area contributed by atoms with Gasteiger partial charge in [0.15, 0.2) is 6.61 Å². The molecule has 0 spiro atoms. The molecular formula is C19H22N4O3. The molecule has 1 fully saturated rings. The minimum Gasteiger partial charge on any atom is -0.483 e. The zero-order valence-electron chi connectivity index (χ0n) is 15.0. The van der Waals surface area contributed by atoms with Gasteiger partial charge in [0, 0.05) is 38.6 Å². The molecule has 0 bridgehead atoms. The lowest BCUT2D eigenvalue weighted by molar-refractivity contribution is -0.134. The van der Waals surface area contributed by atoms with E-state index in [1.165, 1.54) is 18.6 Å². The lowest BCUT2D eigenvalue weighted by atomic mass is 10.1. The normalized spacial score (nSPS) is 14.2.